The zero-order valence-corrected chi connectivity index (χ0v) is 18.0. The van der Waals surface area contributed by atoms with Gasteiger partial charge in [0.25, 0.3) is 0 Å². The lowest BCUT2D eigenvalue weighted by Gasteiger charge is -2.23. The number of ether oxygens (including phenoxy) is 1. The van der Waals surface area contributed by atoms with Gasteiger partial charge in [-0.25, -0.2) is 4.79 Å². The Labute approximate surface area is 184 Å². The van der Waals surface area contributed by atoms with Crippen molar-refractivity contribution in [3.8, 4) is 0 Å². The Bertz CT molecular complexity index is 1800. The molecule has 0 radical (unpaired) electrons. The summed E-state index contributed by atoms with van der Waals surface area (Å²) in [6.45, 7) is 7.37. The molecule has 2 heteroatoms. The second kappa shape index (κ2) is 5.86. The minimum Gasteiger partial charge on any atom is -0.454 e. The maximum absolute atomic E-state index is 12.3. The third-order valence-electron chi connectivity index (χ3n) is 7.10. The second-order valence-corrected chi connectivity index (χ2v) is 9.03. The van der Waals surface area contributed by atoms with E-state index < -0.39 is 0 Å². The number of hydrogen-bond donors (Lipinski definition) is 0. The molecule has 0 aliphatic carbocycles. The summed E-state index contributed by atoms with van der Waals surface area (Å²) in [7, 11) is 0. The Morgan fingerprint density at radius 3 is 1.59 bits per heavy atom. The highest BCUT2D eigenvalue weighted by atomic mass is 16.5. The highest BCUT2D eigenvalue weighted by molar-refractivity contribution is 6.44. The highest BCUT2D eigenvalue weighted by Crippen LogP contribution is 2.49. The normalized spacial score (nSPS) is 13.4. The molecule has 0 saturated heterocycles. The van der Waals surface area contributed by atoms with Crippen LogP contribution in [-0.4, -0.2) is 5.97 Å². The maximum atomic E-state index is 12.3. The van der Waals surface area contributed by atoms with E-state index in [4.69, 9.17) is 4.74 Å². The van der Waals surface area contributed by atoms with E-state index in [1.807, 2.05) is 6.92 Å². The summed E-state index contributed by atoms with van der Waals surface area (Å²) in [4.78, 5) is 12.3. The van der Waals surface area contributed by atoms with Crippen LogP contribution < -0.4 is 0 Å². The number of carbonyl (C=O) groups excluding carboxylic acids is 1. The standard InChI is InChI=1S/C30H20O2/c1-15(2)30(31)32-16(3)23-14-21-11-10-19-7-5-17-4-6-18-8-9-20-12-13-22(23)29-27(20)25(18)24(17)26(19)28(21)29/h4-14,16H,1H2,2-3H3. The van der Waals surface area contributed by atoms with E-state index in [0.29, 0.717) is 5.57 Å². The van der Waals surface area contributed by atoms with Gasteiger partial charge in [0.1, 0.15) is 6.10 Å². The molecule has 0 saturated carbocycles. The van der Waals surface area contributed by atoms with E-state index in [1.54, 1.807) is 6.92 Å². The molecular formula is C30H20O2. The highest BCUT2D eigenvalue weighted by Gasteiger charge is 2.23. The van der Waals surface area contributed by atoms with Crippen LogP contribution in [-0.2, 0) is 9.53 Å². The van der Waals surface area contributed by atoms with Crippen LogP contribution in [0.25, 0.3) is 64.6 Å². The Hall–Kier alpha value is -3.91. The fourth-order valence-corrected chi connectivity index (χ4v) is 5.68. The summed E-state index contributed by atoms with van der Waals surface area (Å²) in [6.07, 6.45) is -0.371. The van der Waals surface area contributed by atoms with Crippen LogP contribution in [0.4, 0.5) is 0 Å². The van der Waals surface area contributed by atoms with Crippen LogP contribution in [0.2, 0.25) is 0 Å². The second-order valence-electron chi connectivity index (χ2n) is 9.03. The van der Waals surface area contributed by atoms with Crippen LogP contribution in [0.5, 0.6) is 0 Å². The summed E-state index contributed by atoms with van der Waals surface area (Å²) in [6, 6.07) is 24.4. The Morgan fingerprint density at radius 1 is 0.688 bits per heavy atom. The Kier molecular flexibility index (Phi) is 3.25. The van der Waals surface area contributed by atoms with Gasteiger partial charge < -0.3 is 4.74 Å². The first-order chi connectivity index (χ1) is 15.5. The van der Waals surface area contributed by atoms with E-state index in [9.17, 15) is 4.79 Å². The van der Waals surface area contributed by atoms with Gasteiger partial charge in [-0.1, -0.05) is 67.2 Å². The van der Waals surface area contributed by atoms with Gasteiger partial charge in [0.2, 0.25) is 0 Å². The molecule has 7 rings (SSSR count). The topological polar surface area (TPSA) is 26.3 Å². The lowest BCUT2D eigenvalue weighted by molar-refractivity contribution is -0.143. The van der Waals surface area contributed by atoms with Crippen molar-refractivity contribution in [2.24, 2.45) is 0 Å². The minimum atomic E-state index is -0.371. The van der Waals surface area contributed by atoms with Crippen molar-refractivity contribution in [2.45, 2.75) is 20.0 Å². The van der Waals surface area contributed by atoms with Crippen LogP contribution in [0, 0.1) is 0 Å². The van der Waals surface area contributed by atoms with Crippen molar-refractivity contribution in [1.82, 2.24) is 0 Å². The average molecular weight is 412 g/mol. The summed E-state index contributed by atoms with van der Waals surface area (Å²) in [5.41, 5.74) is 1.45. The van der Waals surface area contributed by atoms with E-state index >= 15 is 0 Å². The number of rotatable bonds is 3. The molecule has 32 heavy (non-hydrogen) atoms. The third kappa shape index (κ3) is 2.07. The van der Waals surface area contributed by atoms with Crippen LogP contribution in [0.15, 0.2) is 78.9 Å². The molecule has 152 valence electrons. The quantitative estimate of drug-likeness (QED) is 0.127. The SMILES string of the molecule is C=C(C)C(=O)OC(C)c1cc2ccc3ccc4ccc5ccc6ccc1c1c6c5c4c3c21. The van der Waals surface area contributed by atoms with Crippen molar-refractivity contribution < 1.29 is 9.53 Å². The fraction of sp³-hybridized carbons (Fsp3) is 0.100. The van der Waals surface area contributed by atoms with Crippen LogP contribution >= 0.6 is 0 Å². The first kappa shape index (κ1) is 17.7. The largest absolute Gasteiger partial charge is 0.454 e. The monoisotopic (exact) mass is 412 g/mol. The summed E-state index contributed by atoms with van der Waals surface area (Å²) >= 11 is 0. The molecule has 0 heterocycles. The van der Waals surface area contributed by atoms with E-state index in [2.05, 4.69) is 73.3 Å². The molecule has 0 aliphatic heterocycles. The predicted octanol–water partition coefficient (Wildman–Crippen LogP) is 8.10. The number of benzene rings is 7. The zero-order valence-electron chi connectivity index (χ0n) is 18.0. The summed E-state index contributed by atoms with van der Waals surface area (Å²) < 4.78 is 5.77. The first-order valence-corrected chi connectivity index (χ1v) is 11.0. The lowest BCUT2D eigenvalue weighted by Crippen LogP contribution is -2.10. The number of esters is 1. The van der Waals surface area contributed by atoms with Gasteiger partial charge >= 0.3 is 5.97 Å². The molecule has 0 fully saturated rings. The molecule has 2 nitrogen and oxygen atoms in total. The molecule has 1 unspecified atom stereocenters. The van der Waals surface area contributed by atoms with Crippen molar-refractivity contribution in [2.75, 3.05) is 0 Å². The van der Waals surface area contributed by atoms with Gasteiger partial charge in [0, 0.05) is 11.1 Å². The number of carbonyl (C=O) groups is 1. The Balaban J connectivity index is 1.73. The molecule has 0 aliphatic rings. The van der Waals surface area contributed by atoms with E-state index in [0.717, 1.165) is 10.9 Å². The van der Waals surface area contributed by atoms with Gasteiger partial charge in [-0.05, 0) is 84.5 Å². The third-order valence-corrected chi connectivity index (χ3v) is 7.10. The minimum absolute atomic E-state index is 0.355. The van der Waals surface area contributed by atoms with E-state index in [1.165, 1.54) is 59.2 Å². The van der Waals surface area contributed by atoms with Gasteiger partial charge in [0.05, 0.1) is 0 Å². The van der Waals surface area contributed by atoms with Crippen LogP contribution in [0.1, 0.15) is 25.5 Å². The Morgan fingerprint density at radius 2 is 1.09 bits per heavy atom. The van der Waals surface area contributed by atoms with Crippen molar-refractivity contribution in [3.63, 3.8) is 0 Å². The summed E-state index contributed by atoms with van der Waals surface area (Å²) in [5, 5.41) is 15.3. The molecule has 7 aromatic carbocycles. The number of hydrogen-bond acceptors (Lipinski definition) is 2. The molecular weight excluding hydrogens is 392 g/mol. The van der Waals surface area contributed by atoms with Crippen molar-refractivity contribution >= 4 is 70.6 Å². The molecule has 1 atom stereocenters. The smallest absolute Gasteiger partial charge is 0.333 e. The van der Waals surface area contributed by atoms with Gasteiger partial charge in [0.15, 0.2) is 0 Å². The summed E-state index contributed by atoms with van der Waals surface area (Å²) in [5.74, 6) is -0.355. The zero-order chi connectivity index (χ0) is 21.7. The molecule has 0 bridgehead atoms. The fourth-order valence-electron chi connectivity index (χ4n) is 5.68. The average Bonchev–Trinajstić information content (AvgIpc) is 2.81. The van der Waals surface area contributed by atoms with Gasteiger partial charge in [-0.15, -0.1) is 0 Å². The molecule has 0 N–H and O–H groups in total. The van der Waals surface area contributed by atoms with Crippen LogP contribution in [0.3, 0.4) is 0 Å². The van der Waals surface area contributed by atoms with E-state index in [-0.39, 0.29) is 12.1 Å². The van der Waals surface area contributed by atoms with Gasteiger partial charge in [-0.3, -0.25) is 0 Å². The lowest BCUT2D eigenvalue weighted by atomic mass is 9.81. The molecule has 0 aromatic heterocycles. The predicted molar refractivity (Wildman–Crippen MR) is 134 cm³/mol. The van der Waals surface area contributed by atoms with Gasteiger partial charge in [-0.2, -0.15) is 0 Å². The first-order valence-electron chi connectivity index (χ1n) is 11.0. The van der Waals surface area contributed by atoms with Crippen molar-refractivity contribution in [3.05, 3.63) is 84.4 Å². The van der Waals surface area contributed by atoms with Crippen molar-refractivity contribution in [1.29, 1.82) is 0 Å². The molecule has 0 amide bonds. The molecule has 7 aromatic rings. The maximum Gasteiger partial charge on any atom is 0.333 e. The molecule has 0 spiro atoms.